The van der Waals surface area contributed by atoms with Crippen molar-refractivity contribution in [1.29, 1.82) is 0 Å². The molecule has 0 atom stereocenters. The first kappa shape index (κ1) is 13.5. The topological polar surface area (TPSA) is 81.7 Å². The molecule has 0 bridgehead atoms. The highest BCUT2D eigenvalue weighted by molar-refractivity contribution is 5.85. The fourth-order valence-corrected chi connectivity index (χ4v) is 2.28. The van der Waals surface area contributed by atoms with Crippen molar-refractivity contribution < 1.29 is 0 Å². The number of aromatic nitrogens is 4. The summed E-state index contributed by atoms with van der Waals surface area (Å²) in [6.45, 7) is 1.39. The van der Waals surface area contributed by atoms with Crippen LogP contribution >= 0.6 is 0 Å². The van der Waals surface area contributed by atoms with E-state index in [9.17, 15) is 0 Å². The third-order valence-electron chi connectivity index (χ3n) is 3.45. The second-order valence-corrected chi connectivity index (χ2v) is 4.94. The van der Waals surface area contributed by atoms with Gasteiger partial charge in [0.2, 0.25) is 0 Å². The summed E-state index contributed by atoms with van der Waals surface area (Å²) < 4.78 is 1.74. The smallest absolute Gasteiger partial charge is 0.163 e. The van der Waals surface area contributed by atoms with Crippen LogP contribution in [-0.2, 0) is 20.0 Å². The maximum Gasteiger partial charge on any atom is 0.163 e. The van der Waals surface area contributed by atoms with Crippen LogP contribution in [0.3, 0.4) is 0 Å². The van der Waals surface area contributed by atoms with E-state index in [1.807, 2.05) is 7.05 Å². The van der Waals surface area contributed by atoms with Gasteiger partial charge in [-0.3, -0.25) is 4.68 Å². The van der Waals surface area contributed by atoms with Gasteiger partial charge in [-0.25, -0.2) is 9.97 Å². The zero-order chi connectivity index (χ0) is 14.7. The Balaban J connectivity index is 1.74. The number of nitrogens with one attached hydrogen (secondary N) is 1. The molecule has 2 aromatic heterocycles. The van der Waals surface area contributed by atoms with Crippen LogP contribution in [0.1, 0.15) is 11.1 Å². The Morgan fingerprint density at radius 3 is 2.67 bits per heavy atom. The second-order valence-electron chi connectivity index (χ2n) is 4.94. The average molecular weight is 282 g/mol. The van der Waals surface area contributed by atoms with E-state index in [-0.39, 0.29) is 0 Å². The molecule has 0 saturated heterocycles. The minimum Gasteiger partial charge on any atom is -0.365 e. The van der Waals surface area contributed by atoms with E-state index in [0.717, 1.165) is 23.3 Å². The predicted octanol–water partition coefficient (Wildman–Crippen LogP) is 1.48. The van der Waals surface area contributed by atoms with E-state index in [1.54, 1.807) is 17.2 Å². The Hall–Kier alpha value is -2.47. The molecule has 6 nitrogen and oxygen atoms in total. The second kappa shape index (κ2) is 5.88. The van der Waals surface area contributed by atoms with Crippen LogP contribution < -0.4 is 11.1 Å². The van der Waals surface area contributed by atoms with Crippen LogP contribution in [0.15, 0.2) is 36.8 Å². The highest BCUT2D eigenvalue weighted by atomic mass is 15.3. The number of benzene rings is 1. The highest BCUT2D eigenvalue weighted by Gasteiger charge is 2.07. The summed E-state index contributed by atoms with van der Waals surface area (Å²) in [5, 5.41) is 8.48. The lowest BCUT2D eigenvalue weighted by atomic mass is 10.1. The predicted molar refractivity (Wildman–Crippen MR) is 82.8 cm³/mol. The summed E-state index contributed by atoms with van der Waals surface area (Å²) in [7, 11) is 1.87. The SMILES string of the molecule is Cn1ncc2c(NCc3ccc(CCN)cc3)ncnc21. The van der Waals surface area contributed by atoms with Crippen molar-refractivity contribution in [2.24, 2.45) is 12.8 Å². The molecular formula is C15H18N6. The van der Waals surface area contributed by atoms with Gasteiger partial charge >= 0.3 is 0 Å². The number of aryl methyl sites for hydroxylation is 1. The van der Waals surface area contributed by atoms with Gasteiger partial charge in [0.05, 0.1) is 11.6 Å². The molecule has 0 spiro atoms. The van der Waals surface area contributed by atoms with Crippen molar-refractivity contribution >= 4 is 16.9 Å². The molecular weight excluding hydrogens is 264 g/mol. The van der Waals surface area contributed by atoms with E-state index < -0.39 is 0 Å². The number of nitrogens with zero attached hydrogens (tertiary/aromatic N) is 4. The maximum atomic E-state index is 5.55. The van der Waals surface area contributed by atoms with Crippen molar-refractivity contribution in [2.75, 3.05) is 11.9 Å². The van der Waals surface area contributed by atoms with Gasteiger partial charge in [0.25, 0.3) is 0 Å². The molecule has 0 aliphatic rings. The Labute approximate surface area is 123 Å². The minimum atomic E-state index is 0.678. The molecule has 0 saturated carbocycles. The lowest BCUT2D eigenvalue weighted by Crippen LogP contribution is -2.04. The summed E-state index contributed by atoms with van der Waals surface area (Å²) in [6, 6.07) is 8.45. The number of rotatable bonds is 5. The summed E-state index contributed by atoms with van der Waals surface area (Å²) in [4.78, 5) is 8.52. The number of anilines is 1. The molecule has 0 aliphatic heterocycles. The molecule has 6 heteroatoms. The van der Waals surface area contributed by atoms with E-state index in [4.69, 9.17) is 5.73 Å². The van der Waals surface area contributed by atoms with Gasteiger partial charge in [-0.2, -0.15) is 5.10 Å². The van der Waals surface area contributed by atoms with Gasteiger partial charge in [-0.15, -0.1) is 0 Å². The molecule has 108 valence electrons. The Morgan fingerprint density at radius 2 is 1.90 bits per heavy atom. The van der Waals surface area contributed by atoms with Gasteiger partial charge in [0.15, 0.2) is 5.65 Å². The third kappa shape index (κ3) is 2.85. The first-order valence-corrected chi connectivity index (χ1v) is 6.92. The molecule has 0 aliphatic carbocycles. The quantitative estimate of drug-likeness (QED) is 0.740. The van der Waals surface area contributed by atoms with E-state index in [0.29, 0.717) is 13.1 Å². The molecule has 2 heterocycles. The average Bonchev–Trinajstić information content (AvgIpc) is 2.89. The van der Waals surface area contributed by atoms with Gasteiger partial charge < -0.3 is 11.1 Å². The molecule has 3 N–H and O–H groups in total. The number of hydrogen-bond donors (Lipinski definition) is 2. The fraction of sp³-hybridized carbons (Fsp3) is 0.267. The fourth-order valence-electron chi connectivity index (χ4n) is 2.28. The largest absolute Gasteiger partial charge is 0.365 e. The summed E-state index contributed by atoms with van der Waals surface area (Å²) in [5.41, 5.74) is 8.84. The van der Waals surface area contributed by atoms with Crippen LogP contribution in [0.25, 0.3) is 11.0 Å². The van der Waals surface area contributed by atoms with Crippen LogP contribution in [-0.4, -0.2) is 26.3 Å². The van der Waals surface area contributed by atoms with Gasteiger partial charge in [-0.05, 0) is 24.1 Å². The Morgan fingerprint density at radius 1 is 1.14 bits per heavy atom. The van der Waals surface area contributed by atoms with E-state index in [2.05, 4.69) is 44.6 Å². The molecule has 0 amide bonds. The van der Waals surface area contributed by atoms with Gasteiger partial charge in [0.1, 0.15) is 12.1 Å². The van der Waals surface area contributed by atoms with E-state index >= 15 is 0 Å². The maximum absolute atomic E-state index is 5.55. The third-order valence-corrected chi connectivity index (χ3v) is 3.45. The Bertz CT molecular complexity index is 732. The van der Waals surface area contributed by atoms with Crippen LogP contribution in [0, 0.1) is 0 Å². The van der Waals surface area contributed by atoms with Crippen LogP contribution in [0.2, 0.25) is 0 Å². The van der Waals surface area contributed by atoms with Crippen molar-refractivity contribution in [1.82, 2.24) is 19.7 Å². The first-order chi connectivity index (χ1) is 10.3. The first-order valence-electron chi connectivity index (χ1n) is 6.92. The zero-order valence-electron chi connectivity index (χ0n) is 12.0. The molecule has 3 aromatic rings. The number of hydrogen-bond acceptors (Lipinski definition) is 5. The summed E-state index contributed by atoms with van der Waals surface area (Å²) in [6.07, 6.45) is 4.24. The number of nitrogens with two attached hydrogens (primary N) is 1. The standard InChI is InChI=1S/C15H18N6/c1-21-15-13(9-20-21)14(18-10-19-15)17-8-12-4-2-11(3-5-12)6-7-16/h2-5,9-10H,6-8,16H2,1H3,(H,17,18,19). The van der Waals surface area contributed by atoms with Crippen molar-refractivity contribution in [2.45, 2.75) is 13.0 Å². The van der Waals surface area contributed by atoms with Crippen molar-refractivity contribution in [3.63, 3.8) is 0 Å². The minimum absolute atomic E-state index is 0.678. The Kier molecular flexibility index (Phi) is 3.79. The molecule has 0 radical (unpaired) electrons. The molecule has 0 fully saturated rings. The molecule has 21 heavy (non-hydrogen) atoms. The van der Waals surface area contributed by atoms with Crippen LogP contribution in [0.5, 0.6) is 0 Å². The van der Waals surface area contributed by atoms with E-state index in [1.165, 1.54) is 11.1 Å². The molecule has 0 unspecified atom stereocenters. The monoisotopic (exact) mass is 282 g/mol. The highest BCUT2D eigenvalue weighted by Crippen LogP contribution is 2.18. The zero-order valence-corrected chi connectivity index (χ0v) is 12.0. The number of fused-ring (bicyclic) bond motifs is 1. The summed E-state index contributed by atoms with van der Waals surface area (Å²) >= 11 is 0. The van der Waals surface area contributed by atoms with Gasteiger partial charge in [0, 0.05) is 13.6 Å². The lowest BCUT2D eigenvalue weighted by molar-refractivity contribution is 0.785. The lowest BCUT2D eigenvalue weighted by Gasteiger charge is -2.07. The van der Waals surface area contributed by atoms with Crippen LogP contribution in [0.4, 0.5) is 5.82 Å². The molecule has 3 rings (SSSR count). The molecule has 1 aromatic carbocycles. The van der Waals surface area contributed by atoms with Gasteiger partial charge in [-0.1, -0.05) is 24.3 Å². The van der Waals surface area contributed by atoms with Crippen molar-refractivity contribution in [3.8, 4) is 0 Å². The van der Waals surface area contributed by atoms with Crippen molar-refractivity contribution in [3.05, 3.63) is 47.9 Å². The normalized spacial score (nSPS) is 11.0. The summed E-state index contributed by atoms with van der Waals surface area (Å²) in [5.74, 6) is 0.805.